The van der Waals surface area contributed by atoms with E-state index >= 15 is 0 Å². The Morgan fingerprint density at radius 1 is 1.23 bits per heavy atom. The average molecular weight is 335 g/mol. The average Bonchev–Trinajstić information content (AvgIpc) is 2.54. The van der Waals surface area contributed by atoms with Gasteiger partial charge in [0.2, 0.25) is 5.91 Å². The molecule has 0 saturated carbocycles. The third-order valence-electron chi connectivity index (χ3n) is 3.21. The first-order valence-electron chi connectivity index (χ1n) is 7.23. The molecule has 0 aliphatic heterocycles. The van der Waals surface area contributed by atoms with Gasteiger partial charge >= 0.3 is 0 Å². The van der Waals surface area contributed by atoms with Crippen LogP contribution in [0.15, 0.2) is 53.7 Å². The van der Waals surface area contributed by atoms with Gasteiger partial charge in [-0.15, -0.1) is 11.8 Å². The molecular formula is C17H19ClN2OS. The lowest BCUT2D eigenvalue weighted by molar-refractivity contribution is -0.121. The van der Waals surface area contributed by atoms with Crippen LogP contribution in [-0.2, 0) is 4.79 Å². The van der Waals surface area contributed by atoms with Crippen molar-refractivity contribution >= 4 is 29.3 Å². The lowest BCUT2D eigenvalue weighted by atomic mass is 10.1. The van der Waals surface area contributed by atoms with Gasteiger partial charge in [0.25, 0.3) is 0 Å². The molecular weight excluding hydrogens is 316 g/mol. The van der Waals surface area contributed by atoms with Crippen molar-refractivity contribution in [2.45, 2.75) is 30.7 Å². The number of hydrogen-bond acceptors (Lipinski definition) is 3. The topological polar surface area (TPSA) is 42.0 Å². The Morgan fingerprint density at radius 3 is 2.59 bits per heavy atom. The summed E-state index contributed by atoms with van der Waals surface area (Å²) in [4.78, 5) is 17.1. The van der Waals surface area contributed by atoms with Crippen LogP contribution in [0.2, 0.25) is 5.02 Å². The van der Waals surface area contributed by atoms with Crippen LogP contribution in [0.4, 0.5) is 0 Å². The van der Waals surface area contributed by atoms with Crippen LogP contribution in [0.1, 0.15) is 31.4 Å². The third-order valence-corrected chi connectivity index (χ3v) is 4.56. The summed E-state index contributed by atoms with van der Waals surface area (Å²) in [5, 5.41) is 3.75. The molecule has 0 bridgehead atoms. The van der Waals surface area contributed by atoms with Crippen molar-refractivity contribution < 1.29 is 4.79 Å². The Bertz CT molecular complexity index is 589. The second-order valence-electron chi connectivity index (χ2n) is 4.98. The second-order valence-corrected chi connectivity index (χ2v) is 6.58. The van der Waals surface area contributed by atoms with Gasteiger partial charge < -0.3 is 5.32 Å². The van der Waals surface area contributed by atoms with Gasteiger partial charge in [0.05, 0.1) is 6.04 Å². The maximum atomic E-state index is 11.9. The molecule has 0 aliphatic carbocycles. The van der Waals surface area contributed by atoms with E-state index in [9.17, 15) is 4.79 Å². The molecule has 1 amide bonds. The number of aromatic nitrogens is 1. The van der Waals surface area contributed by atoms with Crippen molar-refractivity contribution in [1.29, 1.82) is 0 Å². The molecule has 22 heavy (non-hydrogen) atoms. The van der Waals surface area contributed by atoms with E-state index in [1.165, 1.54) is 4.90 Å². The van der Waals surface area contributed by atoms with E-state index in [2.05, 4.69) is 10.3 Å². The predicted octanol–water partition coefficient (Wildman–Crippen LogP) is 4.48. The largest absolute Gasteiger partial charge is 0.350 e. The first-order valence-corrected chi connectivity index (χ1v) is 8.59. The Kier molecular flexibility index (Phi) is 6.74. The SMILES string of the molecule is CC(NC(=O)CCCSc1ccc(Cl)cc1)c1ccncc1. The van der Waals surface area contributed by atoms with Crippen LogP contribution >= 0.6 is 23.4 Å². The zero-order valence-corrected chi connectivity index (χ0v) is 14.0. The van der Waals surface area contributed by atoms with Gasteiger partial charge in [0, 0.05) is 28.7 Å². The van der Waals surface area contributed by atoms with Crippen molar-refractivity contribution in [1.82, 2.24) is 10.3 Å². The van der Waals surface area contributed by atoms with Gasteiger partial charge in [0.1, 0.15) is 0 Å². The predicted molar refractivity (Wildman–Crippen MR) is 92.2 cm³/mol. The van der Waals surface area contributed by atoms with E-state index < -0.39 is 0 Å². The zero-order chi connectivity index (χ0) is 15.8. The molecule has 3 nitrogen and oxygen atoms in total. The molecule has 0 saturated heterocycles. The summed E-state index contributed by atoms with van der Waals surface area (Å²) in [6.45, 7) is 1.98. The van der Waals surface area contributed by atoms with Gasteiger partial charge in [-0.1, -0.05) is 11.6 Å². The van der Waals surface area contributed by atoms with E-state index in [-0.39, 0.29) is 11.9 Å². The van der Waals surface area contributed by atoms with Crippen molar-refractivity contribution in [2.75, 3.05) is 5.75 Å². The summed E-state index contributed by atoms with van der Waals surface area (Å²) >= 11 is 7.59. The summed E-state index contributed by atoms with van der Waals surface area (Å²) in [5.74, 6) is 1.000. The molecule has 1 unspecified atom stereocenters. The first kappa shape index (κ1) is 16.8. The molecule has 1 heterocycles. The summed E-state index contributed by atoms with van der Waals surface area (Å²) < 4.78 is 0. The number of halogens is 1. The van der Waals surface area contributed by atoms with Crippen molar-refractivity contribution in [3.8, 4) is 0 Å². The number of nitrogens with one attached hydrogen (secondary N) is 1. The minimum absolute atomic E-state index is 0.0134. The molecule has 0 aliphatic rings. The third kappa shape index (κ3) is 5.70. The highest BCUT2D eigenvalue weighted by Crippen LogP contribution is 2.21. The number of carbonyl (C=O) groups excluding carboxylic acids is 1. The minimum atomic E-state index is 0.0134. The molecule has 5 heteroatoms. The van der Waals surface area contributed by atoms with E-state index in [0.717, 1.165) is 22.8 Å². The summed E-state index contributed by atoms with van der Waals surface area (Å²) in [6, 6.07) is 11.6. The highest BCUT2D eigenvalue weighted by molar-refractivity contribution is 7.99. The van der Waals surface area contributed by atoms with Crippen LogP contribution in [-0.4, -0.2) is 16.6 Å². The van der Waals surface area contributed by atoms with Gasteiger partial charge in [-0.25, -0.2) is 0 Å². The number of rotatable bonds is 7. The molecule has 2 rings (SSSR count). The highest BCUT2D eigenvalue weighted by atomic mass is 35.5. The van der Waals surface area contributed by atoms with E-state index in [1.54, 1.807) is 24.2 Å². The fraction of sp³-hybridized carbons (Fsp3) is 0.294. The van der Waals surface area contributed by atoms with Gasteiger partial charge in [-0.3, -0.25) is 9.78 Å². The number of amides is 1. The number of carbonyl (C=O) groups is 1. The Morgan fingerprint density at radius 2 is 1.91 bits per heavy atom. The smallest absolute Gasteiger partial charge is 0.220 e. The number of thioether (sulfide) groups is 1. The molecule has 1 N–H and O–H groups in total. The lowest BCUT2D eigenvalue weighted by Crippen LogP contribution is -2.26. The molecule has 116 valence electrons. The molecule has 1 atom stereocenters. The fourth-order valence-corrected chi connectivity index (χ4v) is 2.98. The quantitative estimate of drug-likeness (QED) is 0.599. The van der Waals surface area contributed by atoms with Gasteiger partial charge in [-0.05, 0) is 61.1 Å². The van der Waals surface area contributed by atoms with Crippen molar-refractivity contribution in [2.24, 2.45) is 0 Å². The van der Waals surface area contributed by atoms with Gasteiger partial charge in [0.15, 0.2) is 0 Å². The minimum Gasteiger partial charge on any atom is -0.350 e. The second kappa shape index (κ2) is 8.81. The number of hydrogen-bond donors (Lipinski definition) is 1. The molecule has 0 fully saturated rings. The van der Waals surface area contributed by atoms with Crippen LogP contribution in [0, 0.1) is 0 Å². The van der Waals surface area contributed by atoms with Crippen LogP contribution in [0.25, 0.3) is 0 Å². The molecule has 0 radical (unpaired) electrons. The maximum Gasteiger partial charge on any atom is 0.220 e. The van der Waals surface area contributed by atoms with Crippen molar-refractivity contribution in [3.05, 3.63) is 59.4 Å². The molecule has 1 aromatic carbocycles. The Hall–Kier alpha value is -1.52. The molecule has 1 aromatic heterocycles. The van der Waals surface area contributed by atoms with Crippen LogP contribution in [0.5, 0.6) is 0 Å². The van der Waals surface area contributed by atoms with Crippen molar-refractivity contribution in [3.63, 3.8) is 0 Å². The Balaban J connectivity index is 1.66. The first-order chi connectivity index (χ1) is 10.6. The number of nitrogens with zero attached hydrogens (tertiary/aromatic N) is 1. The monoisotopic (exact) mass is 334 g/mol. The highest BCUT2D eigenvalue weighted by Gasteiger charge is 2.08. The summed E-state index contributed by atoms with van der Waals surface area (Å²) in [7, 11) is 0. The van der Waals surface area contributed by atoms with Crippen LogP contribution < -0.4 is 5.32 Å². The molecule has 2 aromatic rings. The zero-order valence-electron chi connectivity index (χ0n) is 12.5. The Labute approximate surface area is 140 Å². The summed E-state index contributed by atoms with van der Waals surface area (Å²) in [6.07, 6.45) is 4.86. The fourth-order valence-electron chi connectivity index (χ4n) is 2.00. The van der Waals surface area contributed by atoms with E-state index in [4.69, 9.17) is 11.6 Å². The van der Waals surface area contributed by atoms with Gasteiger partial charge in [-0.2, -0.15) is 0 Å². The van der Waals surface area contributed by atoms with Crippen LogP contribution in [0.3, 0.4) is 0 Å². The number of benzene rings is 1. The van der Waals surface area contributed by atoms with E-state index in [1.807, 2.05) is 43.3 Å². The lowest BCUT2D eigenvalue weighted by Gasteiger charge is -2.13. The number of pyridine rings is 1. The maximum absolute atomic E-state index is 11.9. The standard InChI is InChI=1S/C17H19ClN2OS/c1-13(14-8-10-19-11-9-14)20-17(21)3-2-12-22-16-6-4-15(18)5-7-16/h4-11,13H,2-3,12H2,1H3,(H,20,21). The van der Waals surface area contributed by atoms with E-state index in [0.29, 0.717) is 6.42 Å². The summed E-state index contributed by atoms with van der Waals surface area (Å²) in [5.41, 5.74) is 1.07. The normalized spacial score (nSPS) is 11.9. The molecule has 0 spiro atoms.